The van der Waals surface area contributed by atoms with E-state index in [0.29, 0.717) is 6.20 Å². The van der Waals surface area contributed by atoms with Crippen molar-refractivity contribution in [2.45, 2.75) is 18.0 Å². The minimum Gasteiger partial charge on any atom is -0.252 e. The SMILES string of the molecule is CCS(=O)(=O)c1ccccc1-c1ncc2ncc(C(F)(F)F)cc2n1. The van der Waals surface area contributed by atoms with Gasteiger partial charge in [-0.05, 0) is 18.2 Å². The summed E-state index contributed by atoms with van der Waals surface area (Å²) in [6, 6.07) is 6.99. The molecule has 2 aromatic heterocycles. The van der Waals surface area contributed by atoms with Crippen LogP contribution in [0.25, 0.3) is 22.4 Å². The smallest absolute Gasteiger partial charge is 0.252 e. The first-order chi connectivity index (χ1) is 11.7. The monoisotopic (exact) mass is 367 g/mol. The molecule has 0 saturated carbocycles. The summed E-state index contributed by atoms with van der Waals surface area (Å²) in [7, 11) is -3.54. The molecule has 5 nitrogen and oxygen atoms in total. The fourth-order valence-electron chi connectivity index (χ4n) is 2.28. The van der Waals surface area contributed by atoms with Crippen molar-refractivity contribution in [2.75, 3.05) is 5.75 Å². The number of aromatic nitrogens is 3. The molecule has 0 aliphatic heterocycles. The van der Waals surface area contributed by atoms with Gasteiger partial charge in [0.1, 0.15) is 5.52 Å². The summed E-state index contributed by atoms with van der Waals surface area (Å²) in [5.74, 6) is -0.0848. The number of benzene rings is 1. The van der Waals surface area contributed by atoms with Crippen LogP contribution in [0.1, 0.15) is 12.5 Å². The Bertz CT molecular complexity index is 1050. The van der Waals surface area contributed by atoms with E-state index >= 15 is 0 Å². The molecule has 3 aromatic rings. The van der Waals surface area contributed by atoms with Crippen molar-refractivity contribution in [1.29, 1.82) is 0 Å². The first-order valence-corrected chi connectivity index (χ1v) is 8.90. The number of rotatable bonds is 3. The molecule has 3 rings (SSSR count). The summed E-state index contributed by atoms with van der Waals surface area (Å²) in [4.78, 5) is 11.9. The van der Waals surface area contributed by atoms with Gasteiger partial charge in [0.2, 0.25) is 0 Å². The number of fused-ring (bicyclic) bond motifs is 1. The van der Waals surface area contributed by atoms with E-state index in [1.54, 1.807) is 12.1 Å². The summed E-state index contributed by atoms with van der Waals surface area (Å²) < 4.78 is 63.0. The Balaban J connectivity index is 2.21. The van der Waals surface area contributed by atoms with E-state index in [1.165, 1.54) is 25.3 Å². The van der Waals surface area contributed by atoms with E-state index in [0.717, 1.165) is 6.07 Å². The van der Waals surface area contributed by atoms with Crippen LogP contribution >= 0.6 is 0 Å². The molecule has 0 saturated heterocycles. The number of halogens is 3. The normalized spacial score (nSPS) is 12.5. The fraction of sp³-hybridized carbons (Fsp3) is 0.188. The summed E-state index contributed by atoms with van der Waals surface area (Å²) in [5.41, 5.74) is -0.515. The molecule has 0 atom stereocenters. The highest BCUT2D eigenvalue weighted by atomic mass is 32.2. The van der Waals surface area contributed by atoms with Crippen LogP contribution in [-0.2, 0) is 16.0 Å². The Morgan fingerprint density at radius 3 is 2.44 bits per heavy atom. The summed E-state index contributed by atoms with van der Waals surface area (Å²) in [5, 5.41) is 0. The van der Waals surface area contributed by atoms with Gasteiger partial charge in [0.15, 0.2) is 15.7 Å². The number of hydrogen-bond acceptors (Lipinski definition) is 5. The van der Waals surface area contributed by atoms with Crippen LogP contribution < -0.4 is 0 Å². The molecule has 0 unspecified atom stereocenters. The van der Waals surface area contributed by atoms with E-state index in [4.69, 9.17) is 0 Å². The number of hydrogen-bond donors (Lipinski definition) is 0. The highest BCUT2D eigenvalue weighted by Gasteiger charge is 2.31. The Labute approximate surface area is 141 Å². The van der Waals surface area contributed by atoms with Gasteiger partial charge in [-0.3, -0.25) is 4.98 Å². The molecule has 0 spiro atoms. The highest BCUT2D eigenvalue weighted by Crippen LogP contribution is 2.31. The number of pyridine rings is 1. The van der Waals surface area contributed by atoms with Crippen LogP contribution in [0.2, 0.25) is 0 Å². The third-order valence-corrected chi connectivity index (χ3v) is 5.39. The van der Waals surface area contributed by atoms with Crippen molar-refractivity contribution in [3.63, 3.8) is 0 Å². The Morgan fingerprint density at radius 2 is 1.76 bits per heavy atom. The van der Waals surface area contributed by atoms with E-state index in [-0.39, 0.29) is 33.1 Å². The minimum absolute atomic E-state index is 0.0106. The van der Waals surface area contributed by atoms with E-state index in [2.05, 4.69) is 15.0 Å². The second-order valence-electron chi connectivity index (χ2n) is 5.22. The van der Waals surface area contributed by atoms with Crippen LogP contribution in [0.3, 0.4) is 0 Å². The summed E-state index contributed by atoms with van der Waals surface area (Å²) >= 11 is 0. The second kappa shape index (κ2) is 6.07. The molecule has 0 fully saturated rings. The third kappa shape index (κ3) is 3.32. The molecule has 0 radical (unpaired) electrons. The molecular weight excluding hydrogens is 355 g/mol. The van der Waals surface area contributed by atoms with Crippen molar-refractivity contribution in [2.24, 2.45) is 0 Å². The van der Waals surface area contributed by atoms with Crippen molar-refractivity contribution in [1.82, 2.24) is 15.0 Å². The summed E-state index contributed by atoms with van der Waals surface area (Å²) in [6.45, 7) is 1.51. The molecule has 0 aliphatic carbocycles. The predicted molar refractivity (Wildman–Crippen MR) is 85.5 cm³/mol. The molecule has 25 heavy (non-hydrogen) atoms. The van der Waals surface area contributed by atoms with E-state index in [9.17, 15) is 21.6 Å². The van der Waals surface area contributed by atoms with Gasteiger partial charge in [0.25, 0.3) is 0 Å². The maximum atomic E-state index is 12.8. The van der Waals surface area contributed by atoms with Crippen LogP contribution in [-0.4, -0.2) is 29.1 Å². The lowest BCUT2D eigenvalue weighted by atomic mass is 10.2. The highest BCUT2D eigenvalue weighted by molar-refractivity contribution is 7.91. The maximum Gasteiger partial charge on any atom is 0.417 e. The van der Waals surface area contributed by atoms with Crippen molar-refractivity contribution >= 4 is 20.9 Å². The van der Waals surface area contributed by atoms with Gasteiger partial charge in [-0.25, -0.2) is 18.4 Å². The fourth-order valence-corrected chi connectivity index (χ4v) is 3.37. The Morgan fingerprint density at radius 1 is 1.04 bits per heavy atom. The van der Waals surface area contributed by atoms with Gasteiger partial charge in [0.05, 0.1) is 27.9 Å². The van der Waals surface area contributed by atoms with Gasteiger partial charge < -0.3 is 0 Å². The topological polar surface area (TPSA) is 72.8 Å². The molecule has 2 heterocycles. The largest absolute Gasteiger partial charge is 0.417 e. The lowest BCUT2D eigenvalue weighted by molar-refractivity contribution is -0.137. The quantitative estimate of drug-likeness (QED) is 0.708. The van der Waals surface area contributed by atoms with Gasteiger partial charge in [-0.2, -0.15) is 13.2 Å². The minimum atomic E-state index is -4.55. The first kappa shape index (κ1) is 17.3. The van der Waals surface area contributed by atoms with Crippen molar-refractivity contribution < 1.29 is 21.6 Å². The molecule has 0 N–H and O–H groups in total. The first-order valence-electron chi connectivity index (χ1n) is 7.24. The molecule has 0 aliphatic rings. The van der Waals surface area contributed by atoms with Gasteiger partial charge in [-0.15, -0.1) is 0 Å². The summed E-state index contributed by atoms with van der Waals surface area (Å²) in [6.07, 6.45) is -2.57. The van der Waals surface area contributed by atoms with Crippen LogP contribution in [0.15, 0.2) is 47.6 Å². The Hall–Kier alpha value is -2.55. The van der Waals surface area contributed by atoms with Crippen molar-refractivity contribution in [3.05, 3.63) is 48.3 Å². The standard InChI is InChI=1S/C16H12F3N3O2S/c1-2-25(23,24)14-6-4-3-5-11(14)15-21-9-13-12(22-15)7-10(8-20-13)16(17,18)19/h3-9H,2H2,1H3. The predicted octanol–water partition coefficient (Wildman–Crippen LogP) is 3.50. The maximum absolute atomic E-state index is 12.8. The number of sulfone groups is 1. The van der Waals surface area contributed by atoms with Gasteiger partial charge in [-0.1, -0.05) is 19.1 Å². The molecule has 9 heteroatoms. The van der Waals surface area contributed by atoms with Gasteiger partial charge >= 0.3 is 6.18 Å². The van der Waals surface area contributed by atoms with Gasteiger partial charge in [0, 0.05) is 11.8 Å². The molecular formula is C16H12F3N3O2S. The van der Waals surface area contributed by atoms with E-state index < -0.39 is 21.6 Å². The number of nitrogens with zero attached hydrogens (tertiary/aromatic N) is 3. The molecule has 130 valence electrons. The second-order valence-corrected chi connectivity index (χ2v) is 7.47. The van der Waals surface area contributed by atoms with Crippen LogP contribution in [0.5, 0.6) is 0 Å². The van der Waals surface area contributed by atoms with Crippen LogP contribution in [0.4, 0.5) is 13.2 Å². The molecule has 1 aromatic carbocycles. The van der Waals surface area contributed by atoms with Crippen LogP contribution in [0, 0.1) is 0 Å². The average Bonchev–Trinajstić information content (AvgIpc) is 2.60. The Kier molecular flexibility index (Phi) is 4.19. The zero-order valence-corrected chi connectivity index (χ0v) is 13.8. The average molecular weight is 367 g/mol. The van der Waals surface area contributed by atoms with Crippen molar-refractivity contribution in [3.8, 4) is 11.4 Å². The lowest BCUT2D eigenvalue weighted by Crippen LogP contribution is -2.07. The molecule has 0 amide bonds. The molecule has 0 bridgehead atoms. The zero-order chi connectivity index (χ0) is 18.2. The zero-order valence-electron chi connectivity index (χ0n) is 12.9. The van der Waals surface area contributed by atoms with E-state index in [1.807, 2.05) is 0 Å². The number of alkyl halides is 3. The third-order valence-electron chi connectivity index (χ3n) is 3.60. The lowest BCUT2D eigenvalue weighted by Gasteiger charge is -2.10.